The predicted molar refractivity (Wildman–Crippen MR) is 192 cm³/mol. The summed E-state index contributed by atoms with van der Waals surface area (Å²) in [5, 5.41) is 12.4. The fourth-order valence-corrected chi connectivity index (χ4v) is 8.90. The zero-order valence-corrected chi connectivity index (χ0v) is 30.6. The number of carboxylic acid groups (broad SMARTS) is 1. The number of anilines is 1. The minimum absolute atomic E-state index is 0. The van der Waals surface area contributed by atoms with Gasteiger partial charge in [-0.25, -0.2) is 17.8 Å². The van der Waals surface area contributed by atoms with Gasteiger partial charge in [0, 0.05) is 74.9 Å². The highest BCUT2D eigenvalue weighted by molar-refractivity contribution is 7.85. The second-order valence-corrected chi connectivity index (χ2v) is 16.4. The summed E-state index contributed by atoms with van der Waals surface area (Å²) in [7, 11) is -0.552. The largest absolute Gasteiger partial charge is 0.748 e. The number of carbonyl (C=O) groups is 1. The van der Waals surface area contributed by atoms with Gasteiger partial charge in [-0.05, 0) is 76.3 Å². The lowest BCUT2D eigenvalue weighted by Crippen LogP contribution is -2.51. The van der Waals surface area contributed by atoms with Crippen LogP contribution in [-0.4, -0.2) is 61.1 Å². The van der Waals surface area contributed by atoms with Crippen LogP contribution in [0.3, 0.4) is 0 Å². The first-order chi connectivity index (χ1) is 22.8. The number of nitrogens with zero attached hydrogens (tertiary/aromatic N) is 2. The van der Waals surface area contributed by atoms with Crippen molar-refractivity contribution in [3.05, 3.63) is 84.8 Å². The van der Waals surface area contributed by atoms with Gasteiger partial charge in [0.25, 0.3) is 0 Å². The molecule has 0 amide bonds. The van der Waals surface area contributed by atoms with Crippen molar-refractivity contribution < 1.29 is 37.2 Å². The molecule has 13 heteroatoms. The van der Waals surface area contributed by atoms with Crippen LogP contribution in [0.4, 0.5) is 5.69 Å². The van der Waals surface area contributed by atoms with Crippen molar-refractivity contribution >= 4 is 56.7 Å². The van der Waals surface area contributed by atoms with Crippen molar-refractivity contribution in [3.63, 3.8) is 0 Å². The molecule has 0 aromatic heterocycles. The molecular weight excluding hydrogens is 703 g/mol. The summed E-state index contributed by atoms with van der Waals surface area (Å²) < 4.78 is 45.3. The molecule has 3 aliphatic heterocycles. The molecule has 3 heterocycles. The number of fused-ring (bicyclic) bond motifs is 4. The second kappa shape index (κ2) is 13.8. The van der Waals surface area contributed by atoms with E-state index < -0.39 is 33.3 Å². The fraction of sp³-hybridized carbons (Fsp3) is 0.432. The monoisotopic (exact) mass is 744 g/mol. The summed E-state index contributed by atoms with van der Waals surface area (Å²) in [4.78, 5) is 31.1. The van der Waals surface area contributed by atoms with Crippen molar-refractivity contribution in [3.8, 4) is 11.5 Å². The molecule has 0 saturated carbocycles. The maximum absolute atomic E-state index is 12.8. The maximum Gasteiger partial charge on any atom is 0.373 e. The summed E-state index contributed by atoms with van der Waals surface area (Å²) in [6.07, 6.45) is 2.52. The molecule has 0 spiro atoms. The number of aromatic carboxylic acids is 1. The molecule has 6 rings (SSSR count). The summed E-state index contributed by atoms with van der Waals surface area (Å²) in [5.41, 5.74) is 3.18. The first-order valence-corrected chi connectivity index (χ1v) is 18.1. The molecule has 3 aromatic rings. The zero-order chi connectivity index (χ0) is 36.4. The van der Waals surface area contributed by atoms with Crippen LogP contribution < -0.4 is 24.8 Å². The van der Waals surface area contributed by atoms with Gasteiger partial charge < -0.3 is 19.3 Å². The van der Waals surface area contributed by atoms with Gasteiger partial charge in [0.05, 0.1) is 26.8 Å². The Labute approximate surface area is 302 Å². The van der Waals surface area contributed by atoms with E-state index in [1.807, 2.05) is 39.1 Å². The number of ether oxygens (including phenoxy) is 1. The van der Waals surface area contributed by atoms with Gasteiger partial charge in [0.2, 0.25) is 5.36 Å². The summed E-state index contributed by atoms with van der Waals surface area (Å²) in [5.74, 6) is -1.13. The van der Waals surface area contributed by atoms with Crippen LogP contribution >= 0.6 is 23.2 Å². The van der Waals surface area contributed by atoms with Crippen molar-refractivity contribution in [2.45, 2.75) is 84.2 Å². The Morgan fingerprint density at radius 2 is 1.66 bits per heavy atom. The smallest absolute Gasteiger partial charge is 0.373 e. The quantitative estimate of drug-likeness (QED) is 0.188. The molecule has 3 aromatic carbocycles. The van der Waals surface area contributed by atoms with Gasteiger partial charge in [-0.2, -0.15) is 9.59 Å². The van der Waals surface area contributed by atoms with Gasteiger partial charge in [0.15, 0.2) is 5.54 Å². The Bertz CT molecular complexity index is 2170. The summed E-state index contributed by atoms with van der Waals surface area (Å²) in [6.45, 7) is 10.6. The molecule has 2 unspecified atom stereocenters. The van der Waals surface area contributed by atoms with Gasteiger partial charge in [-0.1, -0.05) is 37.6 Å². The summed E-state index contributed by atoms with van der Waals surface area (Å²) in [6, 6.07) is 10.9. The molecule has 1 N–H and O–H groups in total. The van der Waals surface area contributed by atoms with Crippen LogP contribution in [0.25, 0.3) is 5.57 Å². The first-order valence-electron chi connectivity index (χ1n) is 15.8. The topological polar surface area (TPSA) is 144 Å². The van der Waals surface area contributed by atoms with E-state index in [9.17, 15) is 22.9 Å². The van der Waals surface area contributed by atoms with Gasteiger partial charge >= 0.3 is 12.1 Å². The van der Waals surface area contributed by atoms with Crippen molar-refractivity contribution in [2.24, 2.45) is 0 Å². The Hall–Kier alpha value is -3.73. The normalized spacial score (nSPS) is 19.6. The highest BCUT2D eigenvalue weighted by atomic mass is 35.5. The van der Waals surface area contributed by atoms with E-state index in [1.54, 1.807) is 6.07 Å². The fourth-order valence-electron chi connectivity index (χ4n) is 7.62. The molecular formula is C37H42Cl2N2O8S. The van der Waals surface area contributed by atoms with Crippen LogP contribution in [0, 0.1) is 0 Å². The zero-order valence-electron chi connectivity index (χ0n) is 28.3. The van der Waals surface area contributed by atoms with Crippen LogP contribution in [0.15, 0.2) is 36.4 Å². The number of carboxylic acids is 1. The molecule has 0 radical (unpaired) electrons. The Balaban J connectivity index is 0.00000136. The predicted octanol–water partition coefficient (Wildman–Crippen LogP) is 6.14. The standard InChI is InChI=1S/C35H38Cl2N2O6S.CO2.CH4/c1-8-18-15-34(2,3)38(6)26-13-28-22(11-20(18)26)30(31-24(36)9-10-25(37)32(31)33(40)41)23-12-21-19(17-46(42,43)44)16-35(4,5)39(7)27(21)14-29(23)45-28;2-1-3;/h9-14,18-19H,8,15-17H2,1-7H3,(H-,40,41,42,43,44);;1H4. The number of carbonyl (C=O) groups excluding carboxylic acids is 2. The molecule has 2 atom stereocenters. The third-order valence-corrected chi connectivity index (χ3v) is 11.8. The lowest BCUT2D eigenvalue weighted by atomic mass is 9.77. The van der Waals surface area contributed by atoms with E-state index in [4.69, 9.17) is 37.5 Å². The third-order valence-electron chi connectivity index (χ3n) is 10.4. The molecule has 0 bridgehead atoms. The number of hydrogen-bond donors (Lipinski definition) is 1. The SMILES string of the molecule is C.CCC1CC(C)(C)[N+](C)=c2cc3c(cc21)=C(c1c(Cl)ccc(Cl)c1C(=O)O)c1cc2c(cc1O3)N(C)C(C)(C)CC2CS(=O)(=O)[O-].O=C=O. The molecule has 10 nitrogen and oxygen atoms in total. The minimum Gasteiger partial charge on any atom is -0.748 e. The highest BCUT2D eigenvalue weighted by Gasteiger charge is 2.41. The Kier molecular flexibility index (Phi) is 10.8. The second-order valence-electron chi connectivity index (χ2n) is 14.1. The minimum atomic E-state index is -4.56. The average molecular weight is 746 g/mol. The lowest BCUT2D eigenvalue weighted by molar-refractivity contribution is -0.191. The molecule has 0 fully saturated rings. The number of benzene rings is 3. The molecule has 0 saturated heterocycles. The van der Waals surface area contributed by atoms with Crippen LogP contribution in [0.2, 0.25) is 10.0 Å². The van der Waals surface area contributed by atoms with E-state index in [0.29, 0.717) is 39.8 Å². The van der Waals surface area contributed by atoms with E-state index in [-0.39, 0.29) is 46.2 Å². The number of hydrogen-bond acceptors (Lipinski definition) is 8. The third kappa shape index (κ3) is 6.82. The van der Waals surface area contributed by atoms with E-state index in [2.05, 4.69) is 43.4 Å². The summed E-state index contributed by atoms with van der Waals surface area (Å²) >= 11 is 13.4. The van der Waals surface area contributed by atoms with Gasteiger partial charge in [-0.3, -0.25) is 0 Å². The van der Waals surface area contributed by atoms with E-state index in [0.717, 1.165) is 29.4 Å². The van der Waals surface area contributed by atoms with Crippen LogP contribution in [0.1, 0.15) is 106 Å². The molecule has 268 valence electrons. The first kappa shape index (κ1) is 39.1. The Morgan fingerprint density at radius 3 is 2.24 bits per heavy atom. The Morgan fingerprint density at radius 1 is 1.04 bits per heavy atom. The molecule has 50 heavy (non-hydrogen) atoms. The van der Waals surface area contributed by atoms with Crippen molar-refractivity contribution in [2.75, 3.05) is 24.7 Å². The number of halogens is 2. The van der Waals surface area contributed by atoms with Crippen molar-refractivity contribution in [1.29, 1.82) is 0 Å². The lowest BCUT2D eigenvalue weighted by Gasteiger charge is -2.46. The van der Waals surface area contributed by atoms with Gasteiger partial charge in [0.1, 0.15) is 18.5 Å². The number of rotatable bonds is 5. The van der Waals surface area contributed by atoms with Crippen LogP contribution in [-0.2, 0) is 19.7 Å². The molecule has 0 aliphatic carbocycles. The van der Waals surface area contributed by atoms with Crippen LogP contribution in [0.5, 0.6) is 11.5 Å². The molecule has 3 aliphatic rings. The van der Waals surface area contributed by atoms with E-state index >= 15 is 0 Å². The van der Waals surface area contributed by atoms with Gasteiger partial charge in [-0.15, -0.1) is 0 Å². The average Bonchev–Trinajstić information content (AvgIpc) is 2.99. The highest BCUT2D eigenvalue weighted by Crippen LogP contribution is 2.50. The van der Waals surface area contributed by atoms with E-state index in [1.165, 1.54) is 6.07 Å². The maximum atomic E-state index is 12.8. The van der Waals surface area contributed by atoms with Crippen molar-refractivity contribution in [1.82, 2.24) is 4.58 Å².